The Morgan fingerprint density at radius 1 is 1.07 bits per heavy atom. The maximum Gasteiger partial charge on any atom is 0.0818 e. The molecule has 2 unspecified atom stereocenters. The van der Waals surface area contributed by atoms with Crippen LogP contribution in [-0.4, -0.2) is 42.8 Å². The Morgan fingerprint density at radius 2 is 1.80 bits per heavy atom. The van der Waals surface area contributed by atoms with E-state index in [1.807, 2.05) is 30.3 Å². The van der Waals surface area contributed by atoms with Gasteiger partial charge in [-0.1, -0.05) is 59.6 Å². The fourth-order valence-electron chi connectivity index (χ4n) is 4.63. The molecule has 2 atom stereocenters. The van der Waals surface area contributed by atoms with Gasteiger partial charge in [0.1, 0.15) is 0 Å². The Balaban J connectivity index is 1.69. The molecular formula is C25H29Cl2N3. The fourth-order valence-corrected chi connectivity index (χ4v) is 5.06. The summed E-state index contributed by atoms with van der Waals surface area (Å²) in [5.41, 5.74) is 4.78. The monoisotopic (exact) mass is 441 g/mol. The van der Waals surface area contributed by atoms with E-state index in [9.17, 15) is 0 Å². The fraction of sp³-hybridized carbons (Fsp3) is 0.400. The first kappa shape index (κ1) is 21.4. The molecule has 0 amide bonds. The van der Waals surface area contributed by atoms with Crippen LogP contribution in [0.3, 0.4) is 0 Å². The molecule has 1 aliphatic carbocycles. The Labute approximate surface area is 190 Å². The van der Waals surface area contributed by atoms with Crippen LogP contribution >= 0.6 is 23.2 Å². The van der Waals surface area contributed by atoms with E-state index < -0.39 is 0 Å². The number of fused-ring (bicyclic) bond motifs is 1. The molecular weight excluding hydrogens is 413 g/mol. The van der Waals surface area contributed by atoms with E-state index in [4.69, 9.17) is 28.3 Å². The second-order valence-corrected chi connectivity index (χ2v) is 9.28. The number of allylic oxidation sites excluding steroid dienone is 1. The van der Waals surface area contributed by atoms with Gasteiger partial charge in [0.2, 0.25) is 0 Å². The summed E-state index contributed by atoms with van der Waals surface area (Å²) in [4.78, 5) is 2.23. The van der Waals surface area contributed by atoms with Crippen molar-refractivity contribution in [3.05, 3.63) is 75.3 Å². The Hall–Kier alpha value is -1.81. The van der Waals surface area contributed by atoms with Crippen LogP contribution in [0.4, 0.5) is 0 Å². The van der Waals surface area contributed by atoms with Crippen molar-refractivity contribution in [1.82, 2.24) is 9.91 Å². The van der Waals surface area contributed by atoms with Gasteiger partial charge >= 0.3 is 0 Å². The number of benzene rings is 2. The van der Waals surface area contributed by atoms with E-state index in [2.05, 4.69) is 48.3 Å². The van der Waals surface area contributed by atoms with Crippen molar-refractivity contribution in [2.24, 2.45) is 11.0 Å². The summed E-state index contributed by atoms with van der Waals surface area (Å²) in [6.07, 6.45) is 6.65. The van der Waals surface area contributed by atoms with Gasteiger partial charge in [0.05, 0.1) is 11.8 Å². The van der Waals surface area contributed by atoms with Crippen LogP contribution in [0.1, 0.15) is 42.9 Å². The molecule has 1 saturated carbocycles. The van der Waals surface area contributed by atoms with Crippen molar-refractivity contribution in [2.75, 3.05) is 27.2 Å². The topological polar surface area (TPSA) is 18.8 Å². The predicted molar refractivity (Wildman–Crippen MR) is 128 cm³/mol. The minimum absolute atomic E-state index is 0.200. The summed E-state index contributed by atoms with van der Waals surface area (Å²) in [6, 6.07) is 16.5. The van der Waals surface area contributed by atoms with Crippen molar-refractivity contribution in [3.63, 3.8) is 0 Å². The standard InChI is InChI=1S/C25H29Cl2N3/c1-29(2)15-8-16-30-25(20-11-4-6-14-23(20)27)21-12-7-10-19(24(21)28-30)17-18-9-3-5-13-22(18)26/h3-6,9,11,13-14,17,21,25H,7-8,10,12,15-16H2,1-2H3. The van der Waals surface area contributed by atoms with Crippen LogP contribution in [0.15, 0.2) is 59.2 Å². The predicted octanol–water partition coefficient (Wildman–Crippen LogP) is 6.54. The SMILES string of the molecule is CN(C)CCCN1N=C2C(=Cc3ccccc3Cl)CCCC2C1c1ccccc1Cl. The summed E-state index contributed by atoms with van der Waals surface area (Å²) in [7, 11) is 4.23. The van der Waals surface area contributed by atoms with E-state index in [-0.39, 0.29) is 6.04 Å². The Bertz CT molecular complexity index is 951. The lowest BCUT2D eigenvalue weighted by molar-refractivity contribution is 0.188. The molecule has 2 aromatic rings. The summed E-state index contributed by atoms with van der Waals surface area (Å²) in [5.74, 6) is 0.367. The van der Waals surface area contributed by atoms with Gasteiger partial charge in [0.25, 0.3) is 0 Å². The lowest BCUT2D eigenvalue weighted by atomic mass is 9.77. The third-order valence-corrected chi connectivity index (χ3v) is 6.72. The van der Waals surface area contributed by atoms with Crippen LogP contribution in [0, 0.1) is 5.92 Å². The average molecular weight is 442 g/mol. The Kier molecular flexibility index (Phi) is 6.82. The molecule has 30 heavy (non-hydrogen) atoms. The van der Waals surface area contributed by atoms with Gasteiger partial charge in [-0.25, -0.2) is 0 Å². The summed E-state index contributed by atoms with van der Waals surface area (Å²) < 4.78 is 0. The molecule has 0 saturated heterocycles. The van der Waals surface area contributed by atoms with Crippen molar-refractivity contribution < 1.29 is 0 Å². The second-order valence-electron chi connectivity index (χ2n) is 8.46. The van der Waals surface area contributed by atoms with Gasteiger partial charge in [-0.15, -0.1) is 0 Å². The Morgan fingerprint density at radius 3 is 2.53 bits per heavy atom. The molecule has 2 aliphatic rings. The van der Waals surface area contributed by atoms with E-state index in [0.29, 0.717) is 5.92 Å². The number of hydrazone groups is 1. The average Bonchev–Trinajstić information content (AvgIpc) is 3.09. The minimum atomic E-state index is 0.200. The van der Waals surface area contributed by atoms with Crippen LogP contribution in [0.2, 0.25) is 10.0 Å². The number of hydrogen-bond donors (Lipinski definition) is 0. The molecule has 1 aliphatic heterocycles. The zero-order chi connectivity index (χ0) is 21.1. The quantitative estimate of drug-likeness (QED) is 0.506. The lowest BCUT2D eigenvalue weighted by Gasteiger charge is -2.31. The van der Waals surface area contributed by atoms with Gasteiger partial charge in [-0.3, -0.25) is 5.01 Å². The molecule has 0 bridgehead atoms. The minimum Gasteiger partial charge on any atom is -0.309 e. The molecule has 158 valence electrons. The number of halogens is 2. The van der Waals surface area contributed by atoms with Crippen molar-refractivity contribution in [2.45, 2.75) is 31.7 Å². The molecule has 1 heterocycles. The highest BCUT2D eigenvalue weighted by Gasteiger charge is 2.41. The first-order valence-corrected chi connectivity index (χ1v) is 11.5. The van der Waals surface area contributed by atoms with E-state index in [1.54, 1.807) is 0 Å². The molecule has 0 spiro atoms. The molecule has 0 radical (unpaired) electrons. The third-order valence-electron chi connectivity index (χ3n) is 6.03. The van der Waals surface area contributed by atoms with Gasteiger partial charge in [-0.2, -0.15) is 5.10 Å². The van der Waals surface area contributed by atoms with E-state index in [1.165, 1.54) is 16.8 Å². The maximum absolute atomic E-state index is 6.65. The first-order valence-electron chi connectivity index (χ1n) is 10.7. The number of hydrogen-bond acceptors (Lipinski definition) is 3. The van der Waals surface area contributed by atoms with Crippen LogP contribution in [0.5, 0.6) is 0 Å². The lowest BCUT2D eigenvalue weighted by Crippen LogP contribution is -2.30. The normalized spacial score (nSPS) is 22.5. The molecule has 0 N–H and O–H groups in total. The zero-order valence-corrected chi connectivity index (χ0v) is 19.2. The van der Waals surface area contributed by atoms with Crippen molar-refractivity contribution in [1.29, 1.82) is 0 Å². The highest BCUT2D eigenvalue weighted by molar-refractivity contribution is 6.32. The van der Waals surface area contributed by atoms with Crippen LogP contribution in [0.25, 0.3) is 6.08 Å². The summed E-state index contributed by atoms with van der Waals surface area (Å²) in [5, 5.41) is 9.08. The summed E-state index contributed by atoms with van der Waals surface area (Å²) >= 11 is 13.1. The summed E-state index contributed by atoms with van der Waals surface area (Å²) in [6.45, 7) is 1.97. The van der Waals surface area contributed by atoms with Gasteiger partial charge < -0.3 is 4.90 Å². The molecule has 2 aromatic carbocycles. The van der Waals surface area contributed by atoms with Crippen molar-refractivity contribution >= 4 is 35.0 Å². The van der Waals surface area contributed by atoms with E-state index in [0.717, 1.165) is 54.4 Å². The largest absolute Gasteiger partial charge is 0.309 e. The maximum atomic E-state index is 6.65. The molecule has 1 fully saturated rings. The third kappa shape index (κ3) is 4.59. The highest BCUT2D eigenvalue weighted by Crippen LogP contribution is 2.46. The highest BCUT2D eigenvalue weighted by atomic mass is 35.5. The first-order chi connectivity index (χ1) is 14.5. The molecule has 5 heteroatoms. The van der Waals surface area contributed by atoms with E-state index >= 15 is 0 Å². The van der Waals surface area contributed by atoms with Gasteiger partial charge in [0.15, 0.2) is 0 Å². The number of nitrogens with zero attached hydrogens (tertiary/aromatic N) is 3. The van der Waals surface area contributed by atoms with Gasteiger partial charge in [-0.05, 0) is 81.2 Å². The zero-order valence-electron chi connectivity index (χ0n) is 17.7. The molecule has 3 nitrogen and oxygen atoms in total. The van der Waals surface area contributed by atoms with Crippen LogP contribution in [-0.2, 0) is 0 Å². The number of rotatable bonds is 6. The van der Waals surface area contributed by atoms with Crippen LogP contribution < -0.4 is 0 Å². The second kappa shape index (κ2) is 9.55. The molecule has 0 aromatic heterocycles. The van der Waals surface area contributed by atoms with Crippen molar-refractivity contribution in [3.8, 4) is 0 Å². The molecule has 4 rings (SSSR count). The smallest absolute Gasteiger partial charge is 0.0818 e. The van der Waals surface area contributed by atoms with Gasteiger partial charge in [0, 0.05) is 22.5 Å².